The molecule has 1 N–H and O–H groups in total. The van der Waals surface area contributed by atoms with Gasteiger partial charge < -0.3 is 9.84 Å². The molecule has 0 bridgehead atoms. The van der Waals surface area contributed by atoms with Gasteiger partial charge in [0.25, 0.3) is 0 Å². The second-order valence-corrected chi connectivity index (χ2v) is 4.24. The lowest BCUT2D eigenvalue weighted by Gasteiger charge is -2.38. The summed E-state index contributed by atoms with van der Waals surface area (Å²) in [6, 6.07) is 0.216. The Morgan fingerprint density at radius 3 is 2.81 bits per heavy atom. The van der Waals surface area contributed by atoms with Crippen LogP contribution < -0.4 is 0 Å². The van der Waals surface area contributed by atoms with Crippen molar-refractivity contribution in [1.82, 2.24) is 4.90 Å². The molecule has 1 aliphatic rings. The summed E-state index contributed by atoms with van der Waals surface area (Å²) in [5.74, 6) is -0.790. The van der Waals surface area contributed by atoms with Crippen molar-refractivity contribution >= 4 is 5.97 Å². The van der Waals surface area contributed by atoms with Gasteiger partial charge in [0.2, 0.25) is 0 Å². The highest BCUT2D eigenvalue weighted by molar-refractivity contribution is 5.69. The molecule has 1 saturated carbocycles. The van der Waals surface area contributed by atoms with E-state index in [1.54, 1.807) is 13.2 Å². The Kier molecular flexibility index (Phi) is 5.49. The monoisotopic (exact) mass is 227 g/mol. The van der Waals surface area contributed by atoms with Crippen LogP contribution >= 0.6 is 0 Å². The van der Waals surface area contributed by atoms with Crippen molar-refractivity contribution in [2.45, 2.75) is 37.8 Å². The first-order valence-corrected chi connectivity index (χ1v) is 5.78. The molecule has 0 spiro atoms. The van der Waals surface area contributed by atoms with Crippen LogP contribution in [0.2, 0.25) is 0 Å². The molecule has 0 amide bonds. The molecule has 1 aliphatic carbocycles. The van der Waals surface area contributed by atoms with Gasteiger partial charge in [-0.1, -0.05) is 18.9 Å². The molecule has 0 saturated heterocycles. The second-order valence-electron chi connectivity index (χ2n) is 4.24. The van der Waals surface area contributed by atoms with Gasteiger partial charge in [-0.3, -0.25) is 9.69 Å². The highest BCUT2D eigenvalue weighted by atomic mass is 16.5. The van der Waals surface area contributed by atoms with Gasteiger partial charge in [0.1, 0.15) is 0 Å². The smallest absolute Gasteiger partial charge is 0.317 e. The van der Waals surface area contributed by atoms with E-state index in [2.05, 4.69) is 6.58 Å². The molecule has 1 fully saturated rings. The molecule has 2 unspecified atom stereocenters. The predicted molar refractivity (Wildman–Crippen MR) is 62.5 cm³/mol. The van der Waals surface area contributed by atoms with Crippen molar-refractivity contribution < 1.29 is 14.6 Å². The Balaban J connectivity index is 2.65. The number of methoxy groups -OCH3 is 1. The summed E-state index contributed by atoms with van der Waals surface area (Å²) in [4.78, 5) is 12.8. The predicted octanol–water partition coefficient (Wildman–Crippen LogP) is 1.52. The van der Waals surface area contributed by atoms with Gasteiger partial charge in [-0.15, -0.1) is 6.58 Å². The molecule has 92 valence electrons. The minimum absolute atomic E-state index is 0.0660. The highest BCUT2D eigenvalue weighted by Crippen LogP contribution is 2.25. The van der Waals surface area contributed by atoms with Crippen molar-refractivity contribution in [3.63, 3.8) is 0 Å². The molecule has 0 aromatic heterocycles. The van der Waals surface area contributed by atoms with E-state index in [9.17, 15) is 4.79 Å². The highest BCUT2D eigenvalue weighted by Gasteiger charge is 2.30. The molecule has 0 aliphatic heterocycles. The van der Waals surface area contributed by atoms with Gasteiger partial charge in [0.05, 0.1) is 12.6 Å². The summed E-state index contributed by atoms with van der Waals surface area (Å²) in [5.41, 5.74) is 0. The number of hydrogen-bond donors (Lipinski definition) is 1. The van der Waals surface area contributed by atoms with Crippen molar-refractivity contribution in [2.75, 3.05) is 20.2 Å². The Hall–Kier alpha value is -0.870. The first-order valence-electron chi connectivity index (χ1n) is 5.78. The molecule has 4 heteroatoms. The lowest BCUT2D eigenvalue weighted by Crippen LogP contribution is -2.48. The number of aliphatic carboxylic acids is 1. The van der Waals surface area contributed by atoms with E-state index in [1.807, 2.05) is 4.90 Å². The average Bonchev–Trinajstić information content (AvgIpc) is 2.28. The van der Waals surface area contributed by atoms with E-state index >= 15 is 0 Å². The lowest BCUT2D eigenvalue weighted by molar-refractivity contribution is -0.139. The lowest BCUT2D eigenvalue weighted by atomic mass is 9.91. The molecule has 16 heavy (non-hydrogen) atoms. The second kappa shape index (κ2) is 6.66. The Morgan fingerprint density at radius 2 is 2.25 bits per heavy atom. The van der Waals surface area contributed by atoms with Crippen LogP contribution in [0.3, 0.4) is 0 Å². The zero-order valence-corrected chi connectivity index (χ0v) is 9.89. The van der Waals surface area contributed by atoms with E-state index in [1.165, 1.54) is 6.42 Å². The van der Waals surface area contributed by atoms with Crippen molar-refractivity contribution in [3.05, 3.63) is 12.7 Å². The third-order valence-corrected chi connectivity index (χ3v) is 3.14. The molecule has 0 heterocycles. The SMILES string of the molecule is C=CCN(CC(=O)O)C1CCCCC1OC. The van der Waals surface area contributed by atoms with E-state index < -0.39 is 5.97 Å². The number of hydrogen-bond acceptors (Lipinski definition) is 3. The molecule has 2 atom stereocenters. The fourth-order valence-corrected chi connectivity index (χ4v) is 2.43. The van der Waals surface area contributed by atoms with E-state index in [0.717, 1.165) is 19.3 Å². The van der Waals surface area contributed by atoms with Crippen molar-refractivity contribution in [1.29, 1.82) is 0 Å². The maximum absolute atomic E-state index is 10.8. The normalized spacial score (nSPS) is 25.6. The Bertz CT molecular complexity index is 242. The van der Waals surface area contributed by atoms with Crippen LogP contribution in [0.1, 0.15) is 25.7 Å². The first-order chi connectivity index (χ1) is 7.69. The van der Waals surface area contributed by atoms with Crippen LogP contribution in [0, 0.1) is 0 Å². The third kappa shape index (κ3) is 3.61. The van der Waals surface area contributed by atoms with Crippen LogP contribution in [0.5, 0.6) is 0 Å². The van der Waals surface area contributed by atoms with Crippen LogP contribution in [0.15, 0.2) is 12.7 Å². The van der Waals surface area contributed by atoms with E-state index in [4.69, 9.17) is 9.84 Å². The number of carboxylic acids is 1. The maximum Gasteiger partial charge on any atom is 0.317 e. The molecule has 1 rings (SSSR count). The summed E-state index contributed by atoms with van der Waals surface area (Å²) in [5, 5.41) is 8.88. The molecule has 0 aromatic rings. The van der Waals surface area contributed by atoms with E-state index in [-0.39, 0.29) is 18.7 Å². The van der Waals surface area contributed by atoms with Crippen LogP contribution in [-0.2, 0) is 9.53 Å². The number of nitrogens with zero attached hydrogens (tertiary/aromatic N) is 1. The maximum atomic E-state index is 10.8. The summed E-state index contributed by atoms with van der Waals surface area (Å²) in [6.45, 7) is 4.35. The number of carbonyl (C=O) groups is 1. The first kappa shape index (κ1) is 13.2. The van der Waals surface area contributed by atoms with Crippen molar-refractivity contribution in [2.24, 2.45) is 0 Å². The molecule has 4 nitrogen and oxygen atoms in total. The van der Waals surface area contributed by atoms with Crippen LogP contribution in [0.4, 0.5) is 0 Å². The van der Waals surface area contributed by atoms with Gasteiger partial charge in [-0.25, -0.2) is 0 Å². The summed E-state index contributed by atoms with van der Waals surface area (Å²) < 4.78 is 5.44. The van der Waals surface area contributed by atoms with Gasteiger partial charge in [0.15, 0.2) is 0 Å². The topological polar surface area (TPSA) is 49.8 Å². The van der Waals surface area contributed by atoms with Crippen molar-refractivity contribution in [3.8, 4) is 0 Å². The fraction of sp³-hybridized carbons (Fsp3) is 0.750. The summed E-state index contributed by atoms with van der Waals surface area (Å²) >= 11 is 0. The Morgan fingerprint density at radius 1 is 1.56 bits per heavy atom. The summed E-state index contributed by atoms with van der Waals surface area (Å²) in [6.07, 6.45) is 6.27. The fourth-order valence-electron chi connectivity index (χ4n) is 2.43. The zero-order chi connectivity index (χ0) is 12.0. The quantitative estimate of drug-likeness (QED) is 0.699. The van der Waals surface area contributed by atoms with Gasteiger partial charge in [0, 0.05) is 19.7 Å². The number of carboxylic acid groups (broad SMARTS) is 1. The Labute approximate surface area is 96.9 Å². The molecule has 0 radical (unpaired) electrons. The molecular weight excluding hydrogens is 206 g/mol. The zero-order valence-electron chi connectivity index (χ0n) is 9.89. The number of ether oxygens (including phenoxy) is 1. The molecule has 0 aromatic carbocycles. The largest absolute Gasteiger partial charge is 0.480 e. The average molecular weight is 227 g/mol. The van der Waals surface area contributed by atoms with E-state index in [0.29, 0.717) is 6.54 Å². The number of rotatable bonds is 6. The third-order valence-electron chi connectivity index (χ3n) is 3.14. The van der Waals surface area contributed by atoms with Gasteiger partial charge in [-0.2, -0.15) is 0 Å². The minimum atomic E-state index is -0.790. The van der Waals surface area contributed by atoms with Crippen LogP contribution in [-0.4, -0.2) is 48.3 Å². The van der Waals surface area contributed by atoms with Gasteiger partial charge >= 0.3 is 5.97 Å². The molecular formula is C12H21NO3. The minimum Gasteiger partial charge on any atom is -0.480 e. The van der Waals surface area contributed by atoms with Crippen LogP contribution in [0.25, 0.3) is 0 Å². The standard InChI is InChI=1S/C12H21NO3/c1-3-8-13(9-12(14)15)10-6-4-5-7-11(10)16-2/h3,10-11H,1,4-9H2,2H3,(H,14,15). The summed E-state index contributed by atoms with van der Waals surface area (Å²) in [7, 11) is 1.70. The van der Waals surface area contributed by atoms with Gasteiger partial charge in [-0.05, 0) is 12.8 Å².